The zero-order valence-electron chi connectivity index (χ0n) is 13.5. The Balaban J connectivity index is 1.87. The largest absolute Gasteiger partial charge is 0.454 e. The van der Waals surface area contributed by atoms with Gasteiger partial charge in [0.25, 0.3) is 5.91 Å². The first-order valence-corrected chi connectivity index (χ1v) is 8.34. The van der Waals surface area contributed by atoms with Gasteiger partial charge in [-0.25, -0.2) is 4.79 Å². The van der Waals surface area contributed by atoms with E-state index in [1.165, 1.54) is 19.0 Å². The number of nitrogens with one attached hydrogen (secondary N) is 1. The Bertz CT molecular complexity index is 541. The molecule has 0 bridgehead atoms. The van der Waals surface area contributed by atoms with Crippen LogP contribution in [0, 0.1) is 0 Å². The second-order valence-corrected chi connectivity index (χ2v) is 7.30. The number of carbonyl (C=O) groups excluding carboxylic acids is 4. The molecule has 2 fully saturated rings. The molecule has 0 saturated carbocycles. The van der Waals surface area contributed by atoms with Gasteiger partial charge in [-0.3, -0.25) is 14.4 Å². The van der Waals surface area contributed by atoms with E-state index < -0.39 is 24.5 Å². The summed E-state index contributed by atoms with van der Waals surface area (Å²) in [6.07, 6.45) is 1.15. The van der Waals surface area contributed by atoms with E-state index in [0.29, 0.717) is 18.6 Å². The van der Waals surface area contributed by atoms with E-state index >= 15 is 0 Å². The third-order valence-corrected chi connectivity index (χ3v) is 5.65. The fraction of sp³-hybridized carbons (Fsp3) is 0.714. The second-order valence-electron chi connectivity index (χ2n) is 5.80. The van der Waals surface area contributed by atoms with Crippen LogP contribution in [-0.2, 0) is 23.9 Å². The summed E-state index contributed by atoms with van der Waals surface area (Å²) in [6, 6.07) is -0.642. The number of carbonyl (C=O) groups is 4. The molecule has 0 aromatic carbocycles. The number of hydrogen-bond acceptors (Lipinski definition) is 6. The molecule has 9 heteroatoms. The van der Waals surface area contributed by atoms with Crippen molar-refractivity contribution >= 4 is 35.5 Å². The fourth-order valence-electron chi connectivity index (χ4n) is 2.72. The number of rotatable bonds is 5. The minimum absolute atomic E-state index is 0.0532. The van der Waals surface area contributed by atoms with Crippen molar-refractivity contribution in [3.63, 3.8) is 0 Å². The van der Waals surface area contributed by atoms with Crippen LogP contribution in [0.25, 0.3) is 0 Å². The molecule has 0 aliphatic carbocycles. The molecular formula is C14H21N3O5S. The van der Waals surface area contributed by atoms with Gasteiger partial charge >= 0.3 is 5.97 Å². The lowest BCUT2D eigenvalue weighted by molar-refractivity contribution is -0.158. The van der Waals surface area contributed by atoms with Crippen LogP contribution in [-0.4, -0.2) is 77.4 Å². The van der Waals surface area contributed by atoms with E-state index in [9.17, 15) is 19.2 Å². The van der Waals surface area contributed by atoms with E-state index in [-0.39, 0.29) is 23.2 Å². The summed E-state index contributed by atoms with van der Waals surface area (Å²) in [6.45, 7) is 1.40. The van der Waals surface area contributed by atoms with Crippen molar-refractivity contribution in [3.8, 4) is 0 Å². The third-order valence-electron chi connectivity index (χ3n) is 4.14. The smallest absolute Gasteiger partial charge is 0.330 e. The van der Waals surface area contributed by atoms with Crippen molar-refractivity contribution in [1.82, 2.24) is 15.1 Å². The van der Waals surface area contributed by atoms with Gasteiger partial charge in [0, 0.05) is 26.3 Å². The number of thioether (sulfide) groups is 1. The van der Waals surface area contributed by atoms with Crippen LogP contribution in [0.4, 0.5) is 0 Å². The molecule has 23 heavy (non-hydrogen) atoms. The molecule has 0 aromatic rings. The predicted octanol–water partition coefficient (Wildman–Crippen LogP) is -0.812. The quantitative estimate of drug-likeness (QED) is 0.656. The Labute approximate surface area is 138 Å². The summed E-state index contributed by atoms with van der Waals surface area (Å²) in [4.78, 5) is 49.6. The molecule has 2 aliphatic rings. The first kappa shape index (κ1) is 17.6. The molecule has 0 spiro atoms. The predicted molar refractivity (Wildman–Crippen MR) is 83.4 cm³/mol. The number of fused-ring (bicyclic) bond motifs is 1. The van der Waals surface area contributed by atoms with Gasteiger partial charge in [-0.1, -0.05) is 0 Å². The van der Waals surface area contributed by atoms with Crippen LogP contribution < -0.4 is 5.32 Å². The average molecular weight is 343 g/mol. The Morgan fingerprint density at radius 1 is 1.48 bits per heavy atom. The third kappa shape index (κ3) is 3.60. The van der Waals surface area contributed by atoms with Crippen LogP contribution >= 0.6 is 11.8 Å². The Morgan fingerprint density at radius 2 is 2.17 bits per heavy atom. The number of amides is 3. The molecule has 2 saturated heterocycles. The first-order valence-electron chi connectivity index (χ1n) is 7.36. The van der Waals surface area contributed by atoms with Crippen molar-refractivity contribution in [3.05, 3.63) is 0 Å². The van der Waals surface area contributed by atoms with Crippen molar-refractivity contribution < 1.29 is 23.9 Å². The lowest BCUT2D eigenvalue weighted by Gasteiger charge is -2.29. The van der Waals surface area contributed by atoms with Gasteiger partial charge in [-0.2, -0.15) is 0 Å². The standard InChI is InChI=1S/C14H21N3O5S/c1-14-5-4-11(19)17(14)9(8-23-14)13(21)22-7-12(20)16(3)6-10(18)15-2/h9H,4-8H2,1-3H3,(H,15,18)/t9-,14+/m1/s1. The van der Waals surface area contributed by atoms with Crippen molar-refractivity contribution in [1.29, 1.82) is 0 Å². The van der Waals surface area contributed by atoms with E-state index in [1.807, 2.05) is 6.92 Å². The van der Waals surface area contributed by atoms with Crippen molar-refractivity contribution in [2.24, 2.45) is 0 Å². The van der Waals surface area contributed by atoms with Crippen molar-refractivity contribution in [2.75, 3.05) is 33.0 Å². The zero-order valence-corrected chi connectivity index (χ0v) is 14.3. The molecule has 2 atom stereocenters. The highest BCUT2D eigenvalue weighted by Crippen LogP contribution is 2.47. The maximum atomic E-state index is 12.2. The van der Waals surface area contributed by atoms with Gasteiger partial charge in [-0.05, 0) is 13.3 Å². The summed E-state index contributed by atoms with van der Waals surface area (Å²) in [5.74, 6) is -0.926. The SMILES string of the molecule is CNC(=O)CN(C)C(=O)COC(=O)[C@H]1CS[C@@]2(C)CCC(=O)N12. The monoisotopic (exact) mass is 343 g/mol. The summed E-state index contributed by atoms with van der Waals surface area (Å²) in [5.41, 5.74) is 0. The summed E-state index contributed by atoms with van der Waals surface area (Å²) >= 11 is 1.56. The molecular weight excluding hydrogens is 322 g/mol. The first-order chi connectivity index (χ1) is 10.8. The number of nitrogens with zero attached hydrogens (tertiary/aromatic N) is 2. The van der Waals surface area contributed by atoms with Gasteiger partial charge in [-0.15, -0.1) is 11.8 Å². The lowest BCUT2D eigenvalue weighted by atomic mass is 10.2. The maximum absolute atomic E-state index is 12.2. The number of esters is 1. The Hall–Kier alpha value is -1.77. The van der Waals surface area contributed by atoms with E-state index in [4.69, 9.17) is 4.74 Å². The number of likely N-dealkylation sites (N-methyl/N-ethyl adjacent to an activating group) is 2. The Kier molecular flexibility index (Phi) is 5.18. The second kappa shape index (κ2) is 6.77. The van der Waals surface area contributed by atoms with Crippen LogP contribution in [0.2, 0.25) is 0 Å². The lowest BCUT2D eigenvalue weighted by Crippen LogP contribution is -2.47. The van der Waals surface area contributed by atoms with E-state index in [0.717, 1.165) is 0 Å². The number of hydrogen-bond donors (Lipinski definition) is 1. The minimum atomic E-state index is -0.642. The van der Waals surface area contributed by atoms with Gasteiger partial charge < -0.3 is 19.9 Å². The zero-order chi connectivity index (χ0) is 17.2. The summed E-state index contributed by atoms with van der Waals surface area (Å²) in [7, 11) is 2.93. The topological polar surface area (TPSA) is 96.0 Å². The summed E-state index contributed by atoms with van der Waals surface area (Å²) in [5, 5.41) is 2.41. The van der Waals surface area contributed by atoms with E-state index in [2.05, 4.69) is 5.32 Å². The minimum Gasteiger partial charge on any atom is -0.454 e. The van der Waals surface area contributed by atoms with Crippen LogP contribution in [0.5, 0.6) is 0 Å². The Morgan fingerprint density at radius 3 is 2.83 bits per heavy atom. The maximum Gasteiger partial charge on any atom is 0.330 e. The van der Waals surface area contributed by atoms with Gasteiger partial charge in [0.1, 0.15) is 6.04 Å². The molecule has 2 aliphatic heterocycles. The molecule has 8 nitrogen and oxygen atoms in total. The molecule has 2 rings (SSSR count). The molecule has 1 N–H and O–H groups in total. The molecule has 0 radical (unpaired) electrons. The number of ether oxygens (including phenoxy) is 1. The van der Waals surface area contributed by atoms with Crippen LogP contribution in [0.3, 0.4) is 0 Å². The fourth-order valence-corrected chi connectivity index (χ4v) is 4.13. The normalized spacial score (nSPS) is 26.0. The average Bonchev–Trinajstić information content (AvgIpc) is 3.01. The summed E-state index contributed by atoms with van der Waals surface area (Å²) < 4.78 is 5.06. The van der Waals surface area contributed by atoms with Gasteiger partial charge in [0.05, 0.1) is 11.4 Å². The van der Waals surface area contributed by atoms with E-state index in [1.54, 1.807) is 16.7 Å². The van der Waals surface area contributed by atoms with Gasteiger partial charge in [0.15, 0.2) is 6.61 Å². The molecule has 128 valence electrons. The van der Waals surface area contributed by atoms with Crippen LogP contribution in [0.15, 0.2) is 0 Å². The molecule has 2 heterocycles. The highest BCUT2D eigenvalue weighted by atomic mass is 32.2. The highest BCUT2D eigenvalue weighted by molar-refractivity contribution is 8.01. The van der Waals surface area contributed by atoms with Gasteiger partial charge in [0.2, 0.25) is 11.8 Å². The molecule has 3 amide bonds. The van der Waals surface area contributed by atoms with Crippen molar-refractivity contribution in [2.45, 2.75) is 30.7 Å². The molecule has 0 aromatic heterocycles. The van der Waals surface area contributed by atoms with Crippen LogP contribution in [0.1, 0.15) is 19.8 Å². The molecule has 0 unspecified atom stereocenters. The highest BCUT2D eigenvalue weighted by Gasteiger charge is 2.53.